The number of hydrogen-bond acceptors (Lipinski definition) is 8. The first-order chi connectivity index (χ1) is 17.5. The smallest absolute Gasteiger partial charge is 0.323 e. The van der Waals surface area contributed by atoms with E-state index in [0.717, 1.165) is 43.7 Å². The number of likely N-dealkylation sites (N-methyl/N-ethyl adjacent to an activating group) is 1. The topological polar surface area (TPSA) is 125 Å². The lowest BCUT2D eigenvalue weighted by atomic mass is 9.99. The summed E-state index contributed by atoms with van der Waals surface area (Å²) in [6.45, 7) is 3.87. The Morgan fingerprint density at radius 2 is 2.08 bits per heavy atom. The van der Waals surface area contributed by atoms with Gasteiger partial charge in [-0.1, -0.05) is 0 Å². The molecule has 1 saturated carbocycles. The number of rotatable bonds is 7. The second kappa shape index (κ2) is 10.7. The van der Waals surface area contributed by atoms with Crippen molar-refractivity contribution >= 4 is 29.3 Å². The number of carbonyl (C=O) groups is 2. The fourth-order valence-electron chi connectivity index (χ4n) is 5.49. The summed E-state index contributed by atoms with van der Waals surface area (Å²) < 4.78 is 5.29. The summed E-state index contributed by atoms with van der Waals surface area (Å²) in [6.07, 6.45) is 9.92. The Hall–Kier alpha value is -3.47. The van der Waals surface area contributed by atoms with Crippen LogP contribution >= 0.6 is 0 Å². The van der Waals surface area contributed by atoms with Gasteiger partial charge in [0.2, 0.25) is 11.8 Å². The number of hydrogen-bond donors (Lipinski definition) is 3. The number of piperidine rings is 2. The molecule has 192 valence electrons. The Morgan fingerprint density at radius 1 is 1.19 bits per heavy atom. The number of aromatic nitrogens is 3. The Balaban J connectivity index is 1.18. The SMILES string of the molecule is CCOc1cnc(NC(=O)N(C)[C@@H]2CCCN(c3cc(NC(=O)[C@H]4N[C@@H]5CC[C@H]4C5)ccn3)C2)cn1. The van der Waals surface area contributed by atoms with Crippen LogP contribution in [0.2, 0.25) is 0 Å². The third-order valence-electron chi connectivity index (χ3n) is 7.40. The van der Waals surface area contributed by atoms with Crippen molar-refractivity contribution < 1.29 is 14.3 Å². The van der Waals surface area contributed by atoms with E-state index in [4.69, 9.17) is 4.74 Å². The number of anilines is 3. The van der Waals surface area contributed by atoms with Crippen molar-refractivity contribution in [1.29, 1.82) is 0 Å². The van der Waals surface area contributed by atoms with Gasteiger partial charge in [0.15, 0.2) is 5.82 Å². The molecule has 3 fully saturated rings. The van der Waals surface area contributed by atoms with Crippen LogP contribution in [0.25, 0.3) is 0 Å². The zero-order chi connectivity index (χ0) is 25.1. The number of carbonyl (C=O) groups excluding carboxylic acids is 2. The number of nitrogens with zero attached hydrogens (tertiary/aromatic N) is 5. The van der Waals surface area contributed by atoms with Gasteiger partial charge in [-0.3, -0.25) is 10.1 Å². The molecule has 2 aliphatic heterocycles. The lowest BCUT2D eigenvalue weighted by Crippen LogP contribution is -2.50. The quantitative estimate of drug-likeness (QED) is 0.536. The maximum absolute atomic E-state index is 12.8. The molecule has 3 N–H and O–H groups in total. The Labute approximate surface area is 211 Å². The normalized spacial score (nSPS) is 24.9. The van der Waals surface area contributed by atoms with Gasteiger partial charge in [-0.15, -0.1) is 0 Å². The van der Waals surface area contributed by atoms with Crippen LogP contribution in [0.1, 0.15) is 39.0 Å². The predicted molar refractivity (Wildman–Crippen MR) is 136 cm³/mol. The van der Waals surface area contributed by atoms with Gasteiger partial charge in [0.05, 0.1) is 31.1 Å². The lowest BCUT2D eigenvalue weighted by Gasteiger charge is -2.38. The van der Waals surface area contributed by atoms with Crippen molar-refractivity contribution in [3.63, 3.8) is 0 Å². The second-order valence-corrected chi connectivity index (χ2v) is 9.76. The molecular formula is C25H34N8O3. The third kappa shape index (κ3) is 5.35. The molecule has 11 nitrogen and oxygen atoms in total. The van der Waals surface area contributed by atoms with Crippen molar-refractivity contribution in [3.05, 3.63) is 30.7 Å². The molecule has 2 aromatic heterocycles. The Morgan fingerprint density at radius 3 is 2.81 bits per heavy atom. The van der Waals surface area contributed by atoms with Crippen LogP contribution in [0.3, 0.4) is 0 Å². The van der Waals surface area contributed by atoms with Gasteiger partial charge in [-0.25, -0.2) is 19.7 Å². The summed E-state index contributed by atoms with van der Waals surface area (Å²) >= 11 is 0. The molecule has 2 saturated heterocycles. The number of pyridine rings is 1. The Bertz CT molecular complexity index is 1080. The van der Waals surface area contributed by atoms with Gasteiger partial charge in [-0.05, 0) is 51.0 Å². The zero-order valence-corrected chi connectivity index (χ0v) is 20.8. The van der Waals surface area contributed by atoms with Crippen LogP contribution in [0, 0.1) is 5.92 Å². The monoisotopic (exact) mass is 494 g/mol. The molecular weight excluding hydrogens is 460 g/mol. The first-order valence-electron chi connectivity index (χ1n) is 12.8. The van der Waals surface area contributed by atoms with Gasteiger partial charge < -0.3 is 25.2 Å². The van der Waals surface area contributed by atoms with Crippen molar-refractivity contribution in [2.24, 2.45) is 5.92 Å². The molecule has 4 heterocycles. The van der Waals surface area contributed by atoms with E-state index in [2.05, 4.69) is 35.8 Å². The van der Waals surface area contributed by atoms with E-state index in [-0.39, 0.29) is 24.0 Å². The fourth-order valence-corrected chi connectivity index (χ4v) is 5.49. The van der Waals surface area contributed by atoms with Gasteiger partial charge in [0, 0.05) is 44.1 Å². The van der Waals surface area contributed by atoms with E-state index in [9.17, 15) is 9.59 Å². The summed E-state index contributed by atoms with van der Waals surface area (Å²) in [5, 5.41) is 9.32. The molecule has 3 amide bonds. The first-order valence-corrected chi connectivity index (χ1v) is 12.8. The van der Waals surface area contributed by atoms with Crippen LogP contribution in [0.15, 0.2) is 30.7 Å². The highest BCUT2D eigenvalue weighted by atomic mass is 16.5. The molecule has 2 bridgehead atoms. The lowest BCUT2D eigenvalue weighted by molar-refractivity contribution is -0.119. The first kappa shape index (κ1) is 24.2. The van der Waals surface area contributed by atoms with Crippen LogP contribution in [0.5, 0.6) is 5.88 Å². The van der Waals surface area contributed by atoms with Gasteiger partial charge in [-0.2, -0.15) is 0 Å². The third-order valence-corrected chi connectivity index (χ3v) is 7.40. The maximum Gasteiger partial charge on any atom is 0.323 e. The largest absolute Gasteiger partial charge is 0.477 e. The van der Waals surface area contributed by atoms with E-state index in [0.29, 0.717) is 36.8 Å². The van der Waals surface area contributed by atoms with Crippen molar-refractivity contribution in [2.75, 3.05) is 42.3 Å². The molecule has 0 spiro atoms. The van der Waals surface area contributed by atoms with E-state index >= 15 is 0 Å². The number of ether oxygens (including phenoxy) is 1. The van der Waals surface area contributed by atoms with Gasteiger partial charge >= 0.3 is 6.03 Å². The molecule has 0 radical (unpaired) electrons. The van der Waals surface area contributed by atoms with Crippen molar-refractivity contribution in [3.8, 4) is 5.88 Å². The highest BCUT2D eigenvalue weighted by Gasteiger charge is 2.42. The summed E-state index contributed by atoms with van der Waals surface area (Å²) in [7, 11) is 1.79. The minimum atomic E-state index is -0.243. The molecule has 0 unspecified atom stereocenters. The number of fused-ring (bicyclic) bond motifs is 2. The molecule has 2 aromatic rings. The molecule has 3 aliphatic rings. The van der Waals surface area contributed by atoms with Crippen LogP contribution in [-0.4, -0.2) is 76.7 Å². The van der Waals surface area contributed by atoms with E-state index < -0.39 is 0 Å². The molecule has 1 aliphatic carbocycles. The molecule has 4 atom stereocenters. The van der Waals surface area contributed by atoms with Crippen LogP contribution in [0.4, 0.5) is 22.1 Å². The maximum atomic E-state index is 12.8. The van der Waals surface area contributed by atoms with Crippen molar-refractivity contribution in [2.45, 2.75) is 57.2 Å². The average molecular weight is 495 g/mol. The number of nitrogens with one attached hydrogen (secondary N) is 3. The van der Waals surface area contributed by atoms with E-state index in [1.807, 2.05) is 19.1 Å². The second-order valence-electron chi connectivity index (χ2n) is 9.76. The van der Waals surface area contributed by atoms with E-state index in [1.165, 1.54) is 18.8 Å². The van der Waals surface area contributed by atoms with Crippen molar-refractivity contribution in [1.82, 2.24) is 25.2 Å². The van der Waals surface area contributed by atoms with Crippen LogP contribution in [-0.2, 0) is 4.79 Å². The van der Waals surface area contributed by atoms with E-state index in [1.54, 1.807) is 18.1 Å². The summed E-state index contributed by atoms with van der Waals surface area (Å²) in [6, 6.07) is 3.89. The zero-order valence-electron chi connectivity index (χ0n) is 20.8. The van der Waals surface area contributed by atoms with Gasteiger partial charge in [0.1, 0.15) is 5.82 Å². The fraction of sp³-hybridized carbons (Fsp3) is 0.560. The summed E-state index contributed by atoms with van der Waals surface area (Å²) in [4.78, 5) is 42.4. The highest BCUT2D eigenvalue weighted by Crippen LogP contribution is 2.35. The average Bonchev–Trinajstić information content (AvgIpc) is 3.54. The number of amides is 3. The standard InChI is InChI=1S/C25H34N8O3/c1-3-36-22-14-27-20(13-28-22)31-25(35)32(2)19-5-4-10-33(15-19)21-12-18(8-9-26-21)30-24(34)23-16-6-7-17(11-16)29-23/h8-9,12-14,16-17,19,23,29H,3-7,10-11,15H2,1-2H3,(H,26,30,34)(H,27,31,35)/t16-,17+,19+,23-/m0/s1. The molecule has 11 heteroatoms. The minimum Gasteiger partial charge on any atom is -0.477 e. The summed E-state index contributed by atoms with van der Waals surface area (Å²) in [5.41, 5.74) is 0.747. The molecule has 5 rings (SSSR count). The summed E-state index contributed by atoms with van der Waals surface area (Å²) in [5.74, 6) is 2.06. The van der Waals surface area contributed by atoms with Crippen LogP contribution < -0.4 is 25.6 Å². The molecule has 0 aromatic carbocycles. The Kier molecular flexibility index (Phi) is 7.17. The minimum absolute atomic E-state index is 0.00712. The predicted octanol–water partition coefficient (Wildman–Crippen LogP) is 2.48. The number of urea groups is 1. The van der Waals surface area contributed by atoms with Gasteiger partial charge in [0.25, 0.3) is 0 Å². The molecule has 36 heavy (non-hydrogen) atoms. The highest BCUT2D eigenvalue weighted by molar-refractivity contribution is 5.95.